The van der Waals surface area contributed by atoms with E-state index in [9.17, 15) is 8.42 Å². The van der Waals surface area contributed by atoms with Crippen LogP contribution in [0.2, 0.25) is 0 Å². The molecule has 0 aromatic heterocycles. The predicted molar refractivity (Wildman–Crippen MR) is 71.5 cm³/mol. The van der Waals surface area contributed by atoms with E-state index in [-0.39, 0.29) is 0 Å². The minimum absolute atomic E-state index is 0.292. The molecule has 17 heavy (non-hydrogen) atoms. The van der Waals surface area contributed by atoms with Gasteiger partial charge in [-0.15, -0.1) is 0 Å². The number of hydrogen-bond acceptors (Lipinski definition) is 3. The molecule has 0 saturated carbocycles. The summed E-state index contributed by atoms with van der Waals surface area (Å²) in [6.07, 6.45) is 3.93. The van der Waals surface area contributed by atoms with Gasteiger partial charge in [0, 0.05) is 13.1 Å². The second-order valence-corrected chi connectivity index (χ2v) is 6.93. The SMILES string of the molecule is CCCNCCCS(=O)(=O)N1CCC(CC)C1. The topological polar surface area (TPSA) is 49.4 Å². The number of nitrogens with zero attached hydrogens (tertiary/aromatic N) is 1. The second kappa shape index (κ2) is 7.34. The Morgan fingerprint density at radius 2 is 2.06 bits per heavy atom. The molecule has 0 amide bonds. The van der Waals surface area contributed by atoms with Gasteiger partial charge in [-0.3, -0.25) is 0 Å². The summed E-state index contributed by atoms with van der Waals surface area (Å²) in [5, 5.41) is 3.24. The van der Waals surface area contributed by atoms with Gasteiger partial charge in [0.05, 0.1) is 5.75 Å². The summed E-state index contributed by atoms with van der Waals surface area (Å²) in [6.45, 7) is 7.48. The van der Waals surface area contributed by atoms with Crippen LogP contribution in [-0.4, -0.2) is 44.7 Å². The molecule has 1 rings (SSSR count). The highest BCUT2D eigenvalue weighted by atomic mass is 32.2. The minimum Gasteiger partial charge on any atom is -0.317 e. The third-order valence-electron chi connectivity index (χ3n) is 3.40. The summed E-state index contributed by atoms with van der Waals surface area (Å²) in [6, 6.07) is 0. The molecule has 102 valence electrons. The highest BCUT2D eigenvalue weighted by molar-refractivity contribution is 7.89. The van der Waals surface area contributed by atoms with Crippen LogP contribution >= 0.6 is 0 Å². The largest absolute Gasteiger partial charge is 0.317 e. The molecule has 0 aliphatic carbocycles. The van der Waals surface area contributed by atoms with Crippen LogP contribution in [0.15, 0.2) is 0 Å². The molecule has 4 nitrogen and oxygen atoms in total. The molecule has 1 aliphatic rings. The van der Waals surface area contributed by atoms with Gasteiger partial charge < -0.3 is 5.32 Å². The first-order chi connectivity index (χ1) is 8.10. The van der Waals surface area contributed by atoms with Crippen LogP contribution in [0.25, 0.3) is 0 Å². The first kappa shape index (κ1) is 14.9. The molecule has 0 spiro atoms. The highest BCUT2D eigenvalue weighted by Gasteiger charge is 2.29. The molecule has 1 unspecified atom stereocenters. The van der Waals surface area contributed by atoms with Gasteiger partial charge in [-0.25, -0.2) is 12.7 Å². The lowest BCUT2D eigenvalue weighted by molar-refractivity contribution is 0.451. The van der Waals surface area contributed by atoms with E-state index in [0.717, 1.165) is 51.9 Å². The Kier molecular flexibility index (Phi) is 6.44. The second-order valence-electron chi connectivity index (χ2n) is 4.84. The fourth-order valence-corrected chi connectivity index (χ4v) is 3.78. The van der Waals surface area contributed by atoms with E-state index >= 15 is 0 Å². The van der Waals surface area contributed by atoms with Gasteiger partial charge in [-0.1, -0.05) is 20.3 Å². The summed E-state index contributed by atoms with van der Waals surface area (Å²) in [7, 11) is -3.00. The van der Waals surface area contributed by atoms with Crippen LogP contribution in [-0.2, 0) is 10.0 Å². The molecule has 1 atom stereocenters. The molecule has 5 heteroatoms. The maximum absolute atomic E-state index is 12.0. The average molecular weight is 262 g/mol. The number of nitrogens with one attached hydrogen (secondary N) is 1. The Bertz CT molecular complexity index is 304. The van der Waals surface area contributed by atoms with Gasteiger partial charge in [0.15, 0.2) is 0 Å². The zero-order valence-electron chi connectivity index (χ0n) is 11.1. The number of rotatable bonds is 8. The zero-order valence-corrected chi connectivity index (χ0v) is 11.9. The van der Waals surface area contributed by atoms with Crippen molar-refractivity contribution in [2.24, 2.45) is 5.92 Å². The summed E-state index contributed by atoms with van der Waals surface area (Å²) >= 11 is 0. The van der Waals surface area contributed by atoms with Crippen molar-refractivity contribution in [1.29, 1.82) is 0 Å². The van der Waals surface area contributed by atoms with Crippen LogP contribution in [0.3, 0.4) is 0 Å². The average Bonchev–Trinajstić information content (AvgIpc) is 2.78. The van der Waals surface area contributed by atoms with Crippen molar-refractivity contribution in [3.8, 4) is 0 Å². The van der Waals surface area contributed by atoms with Crippen molar-refractivity contribution in [2.75, 3.05) is 31.9 Å². The third-order valence-corrected chi connectivity index (χ3v) is 5.32. The van der Waals surface area contributed by atoms with Crippen LogP contribution in [0, 0.1) is 5.92 Å². The summed E-state index contributed by atoms with van der Waals surface area (Å²) in [5.74, 6) is 0.864. The molecule has 0 aromatic carbocycles. The number of hydrogen-bond donors (Lipinski definition) is 1. The molecule has 1 saturated heterocycles. The Hall–Kier alpha value is -0.130. The Morgan fingerprint density at radius 1 is 1.29 bits per heavy atom. The van der Waals surface area contributed by atoms with Gasteiger partial charge in [-0.05, 0) is 38.3 Å². The van der Waals surface area contributed by atoms with E-state index in [0.29, 0.717) is 11.7 Å². The molecule has 0 bridgehead atoms. The van der Waals surface area contributed by atoms with Gasteiger partial charge in [0.25, 0.3) is 0 Å². The summed E-state index contributed by atoms with van der Waals surface area (Å²) < 4.78 is 25.7. The molecular formula is C12H26N2O2S. The minimum atomic E-state index is -3.00. The van der Waals surface area contributed by atoms with Crippen molar-refractivity contribution < 1.29 is 8.42 Å². The first-order valence-corrected chi connectivity index (χ1v) is 8.39. The van der Waals surface area contributed by atoms with Crippen molar-refractivity contribution in [1.82, 2.24) is 9.62 Å². The standard InChI is InChI=1S/C12H26N2O2S/c1-3-7-13-8-5-10-17(15,16)14-9-6-12(4-2)11-14/h12-13H,3-11H2,1-2H3. The van der Waals surface area contributed by atoms with Crippen LogP contribution in [0.1, 0.15) is 39.5 Å². The van der Waals surface area contributed by atoms with Crippen molar-refractivity contribution in [2.45, 2.75) is 39.5 Å². The van der Waals surface area contributed by atoms with E-state index in [1.165, 1.54) is 0 Å². The predicted octanol–water partition coefficient (Wildman–Crippen LogP) is 1.44. The summed E-state index contributed by atoms with van der Waals surface area (Å²) in [5.41, 5.74) is 0. The lowest BCUT2D eigenvalue weighted by atomic mass is 10.1. The van der Waals surface area contributed by atoms with Gasteiger partial charge >= 0.3 is 0 Å². The Balaban J connectivity index is 2.26. The normalized spacial score (nSPS) is 22.1. The van der Waals surface area contributed by atoms with Crippen molar-refractivity contribution >= 4 is 10.0 Å². The van der Waals surface area contributed by atoms with Gasteiger partial charge in [0.1, 0.15) is 0 Å². The monoisotopic (exact) mass is 262 g/mol. The van der Waals surface area contributed by atoms with Gasteiger partial charge in [0.2, 0.25) is 10.0 Å². The maximum Gasteiger partial charge on any atom is 0.214 e. The molecule has 1 fully saturated rings. The first-order valence-electron chi connectivity index (χ1n) is 6.78. The molecule has 1 N–H and O–H groups in total. The summed E-state index contributed by atoms with van der Waals surface area (Å²) in [4.78, 5) is 0. The van der Waals surface area contributed by atoms with Crippen LogP contribution in [0.4, 0.5) is 0 Å². The number of sulfonamides is 1. The van der Waals surface area contributed by atoms with Crippen LogP contribution in [0.5, 0.6) is 0 Å². The van der Waals surface area contributed by atoms with Crippen molar-refractivity contribution in [3.63, 3.8) is 0 Å². The van der Waals surface area contributed by atoms with E-state index < -0.39 is 10.0 Å². The zero-order chi connectivity index (χ0) is 12.7. The fraction of sp³-hybridized carbons (Fsp3) is 1.00. The van der Waals surface area contributed by atoms with E-state index in [1.807, 2.05) is 0 Å². The van der Waals surface area contributed by atoms with Gasteiger partial charge in [-0.2, -0.15) is 0 Å². The molecular weight excluding hydrogens is 236 g/mol. The smallest absolute Gasteiger partial charge is 0.214 e. The maximum atomic E-state index is 12.0. The van der Waals surface area contributed by atoms with E-state index in [1.54, 1.807) is 4.31 Å². The molecule has 0 radical (unpaired) electrons. The highest BCUT2D eigenvalue weighted by Crippen LogP contribution is 2.22. The quantitative estimate of drug-likeness (QED) is 0.673. The third kappa shape index (κ3) is 4.94. The fourth-order valence-electron chi connectivity index (χ4n) is 2.19. The van der Waals surface area contributed by atoms with E-state index in [2.05, 4.69) is 19.2 Å². The Morgan fingerprint density at radius 3 is 2.65 bits per heavy atom. The molecule has 1 aliphatic heterocycles. The van der Waals surface area contributed by atoms with Crippen LogP contribution < -0.4 is 5.32 Å². The van der Waals surface area contributed by atoms with E-state index in [4.69, 9.17) is 0 Å². The lowest BCUT2D eigenvalue weighted by Gasteiger charge is -2.16. The Labute approximate surface area is 106 Å². The molecule has 1 heterocycles. The lowest BCUT2D eigenvalue weighted by Crippen LogP contribution is -2.32. The van der Waals surface area contributed by atoms with Crippen molar-refractivity contribution in [3.05, 3.63) is 0 Å². The molecule has 0 aromatic rings.